The van der Waals surface area contributed by atoms with E-state index in [0.717, 1.165) is 6.42 Å². The number of hydrogen-bond acceptors (Lipinski definition) is 4. The molecule has 1 saturated carbocycles. The van der Waals surface area contributed by atoms with Gasteiger partial charge in [-0.25, -0.2) is 4.90 Å². The van der Waals surface area contributed by atoms with Crippen molar-refractivity contribution in [2.45, 2.75) is 6.42 Å². The highest BCUT2D eigenvalue weighted by Crippen LogP contribution is 2.53. The van der Waals surface area contributed by atoms with Gasteiger partial charge in [0.15, 0.2) is 12.4 Å². The highest BCUT2D eigenvalue weighted by Gasteiger charge is 2.59. The van der Waals surface area contributed by atoms with Crippen LogP contribution in [-0.2, 0) is 9.59 Å². The van der Waals surface area contributed by atoms with E-state index in [-0.39, 0.29) is 47.9 Å². The highest BCUT2D eigenvalue weighted by molar-refractivity contribution is 6.23. The number of carbonyl (C=O) groups excluding carboxylic acids is 3. The number of ether oxygens (including phenoxy) is 1. The molecule has 28 heavy (non-hydrogen) atoms. The number of anilines is 1. The molecule has 0 aromatic heterocycles. The number of amides is 2. The van der Waals surface area contributed by atoms with Crippen LogP contribution in [0, 0.1) is 23.7 Å². The number of ketones is 1. The summed E-state index contributed by atoms with van der Waals surface area (Å²) < 4.78 is 5.74. The molecule has 1 aliphatic heterocycles. The Balaban J connectivity index is 1.39. The van der Waals surface area contributed by atoms with Gasteiger partial charge in [0, 0.05) is 5.56 Å². The van der Waals surface area contributed by atoms with Crippen LogP contribution < -0.4 is 9.64 Å². The van der Waals surface area contributed by atoms with E-state index in [1.54, 1.807) is 48.5 Å². The number of hydrogen-bond donors (Lipinski definition) is 0. The molecule has 4 atom stereocenters. The van der Waals surface area contributed by atoms with Gasteiger partial charge < -0.3 is 4.74 Å². The molecule has 140 valence electrons. The fourth-order valence-corrected chi connectivity index (χ4v) is 4.75. The minimum absolute atomic E-state index is 0.155. The second-order valence-electron chi connectivity index (χ2n) is 7.56. The molecule has 2 aromatic carbocycles. The van der Waals surface area contributed by atoms with E-state index in [0.29, 0.717) is 17.0 Å². The van der Waals surface area contributed by atoms with Crippen molar-refractivity contribution in [3.05, 3.63) is 72.3 Å². The standard InChI is InChI=1S/C23H19NO4/c25-18(14-6-2-1-3-7-14)13-28-19-9-5-4-8-17(19)24-22(26)20-15-10-11-16(12-15)21(20)23(24)27/h1-11,15-16,20-21H,12-13H2/t15-,16-,20-,21+/m1/s1. The summed E-state index contributed by atoms with van der Waals surface area (Å²) in [6.07, 6.45) is 5.03. The number of nitrogens with zero attached hydrogens (tertiary/aromatic N) is 1. The number of fused-ring (bicyclic) bond motifs is 5. The van der Waals surface area contributed by atoms with Crippen molar-refractivity contribution in [2.24, 2.45) is 23.7 Å². The third kappa shape index (κ3) is 2.50. The van der Waals surface area contributed by atoms with E-state index in [9.17, 15) is 14.4 Å². The first-order chi connectivity index (χ1) is 13.6. The lowest BCUT2D eigenvalue weighted by atomic mass is 9.85. The maximum Gasteiger partial charge on any atom is 0.238 e. The lowest BCUT2D eigenvalue weighted by Gasteiger charge is -2.20. The van der Waals surface area contributed by atoms with E-state index < -0.39 is 0 Å². The zero-order valence-corrected chi connectivity index (χ0v) is 15.2. The molecule has 2 amide bonds. The average molecular weight is 373 g/mol. The number of carbonyl (C=O) groups is 3. The Kier molecular flexibility index (Phi) is 3.90. The van der Waals surface area contributed by atoms with Crippen molar-refractivity contribution in [1.82, 2.24) is 0 Å². The van der Waals surface area contributed by atoms with E-state index in [1.165, 1.54) is 4.90 Å². The monoisotopic (exact) mass is 373 g/mol. The van der Waals surface area contributed by atoms with Crippen molar-refractivity contribution in [3.63, 3.8) is 0 Å². The van der Waals surface area contributed by atoms with Gasteiger partial charge in [0.1, 0.15) is 5.75 Å². The van der Waals surface area contributed by atoms with Gasteiger partial charge in [0.05, 0.1) is 17.5 Å². The lowest BCUT2D eigenvalue weighted by Crippen LogP contribution is -2.33. The third-order valence-electron chi connectivity index (χ3n) is 6.03. The molecule has 2 bridgehead atoms. The number of para-hydroxylation sites is 2. The normalized spacial score (nSPS) is 27.4. The SMILES string of the molecule is O=C(COc1ccccc1N1C(=O)[C@@H]2[C@H](C1=O)[C@@H]1C=C[C@@H]2C1)c1ccccc1. The van der Waals surface area contributed by atoms with Gasteiger partial charge in [-0.1, -0.05) is 54.6 Å². The molecule has 1 saturated heterocycles. The summed E-state index contributed by atoms with van der Waals surface area (Å²) in [4.78, 5) is 39.7. The van der Waals surface area contributed by atoms with E-state index >= 15 is 0 Å². The first-order valence-corrected chi connectivity index (χ1v) is 9.51. The average Bonchev–Trinajstić information content (AvgIpc) is 3.41. The Morgan fingerprint density at radius 1 is 0.893 bits per heavy atom. The van der Waals surface area contributed by atoms with Crippen LogP contribution in [0.4, 0.5) is 5.69 Å². The summed E-state index contributed by atoms with van der Waals surface area (Å²) in [5.74, 6) is -0.312. The molecule has 0 N–H and O–H groups in total. The van der Waals surface area contributed by atoms with Gasteiger partial charge in [-0.3, -0.25) is 14.4 Å². The van der Waals surface area contributed by atoms with E-state index in [2.05, 4.69) is 12.2 Å². The number of benzene rings is 2. The van der Waals surface area contributed by atoms with Crippen LogP contribution in [0.25, 0.3) is 0 Å². The van der Waals surface area contributed by atoms with Crippen LogP contribution in [0.3, 0.4) is 0 Å². The molecule has 0 radical (unpaired) electrons. The van der Waals surface area contributed by atoms with Crippen LogP contribution in [0.15, 0.2) is 66.7 Å². The third-order valence-corrected chi connectivity index (χ3v) is 6.03. The van der Waals surface area contributed by atoms with E-state index in [4.69, 9.17) is 4.74 Å². The number of allylic oxidation sites excluding steroid dienone is 2. The summed E-state index contributed by atoms with van der Waals surface area (Å²) in [5, 5.41) is 0. The van der Waals surface area contributed by atoms with Gasteiger partial charge in [-0.2, -0.15) is 0 Å². The van der Waals surface area contributed by atoms with Gasteiger partial charge in [0.2, 0.25) is 11.8 Å². The molecular weight excluding hydrogens is 354 g/mol. The van der Waals surface area contributed by atoms with Crippen molar-refractivity contribution in [3.8, 4) is 5.75 Å². The van der Waals surface area contributed by atoms with Crippen LogP contribution in [0.5, 0.6) is 5.75 Å². The summed E-state index contributed by atoms with van der Waals surface area (Å²) in [6.45, 7) is -0.156. The zero-order valence-electron chi connectivity index (χ0n) is 15.2. The predicted molar refractivity (Wildman–Crippen MR) is 103 cm³/mol. The molecule has 5 rings (SSSR count). The fraction of sp³-hybridized carbons (Fsp3) is 0.261. The smallest absolute Gasteiger partial charge is 0.238 e. The molecule has 2 aromatic rings. The van der Waals surface area contributed by atoms with Gasteiger partial charge >= 0.3 is 0 Å². The van der Waals surface area contributed by atoms with Crippen molar-refractivity contribution < 1.29 is 19.1 Å². The Bertz CT molecular complexity index is 967. The number of Topliss-reactive ketones (excluding diaryl/α,β-unsaturated/α-hetero) is 1. The first kappa shape index (κ1) is 16.9. The lowest BCUT2D eigenvalue weighted by molar-refractivity contribution is -0.123. The first-order valence-electron chi connectivity index (χ1n) is 9.51. The predicted octanol–water partition coefficient (Wildman–Crippen LogP) is 3.26. The Morgan fingerprint density at radius 3 is 2.18 bits per heavy atom. The highest BCUT2D eigenvalue weighted by atomic mass is 16.5. The summed E-state index contributed by atoms with van der Waals surface area (Å²) >= 11 is 0. The second-order valence-corrected chi connectivity index (χ2v) is 7.56. The molecule has 0 spiro atoms. The maximum atomic E-state index is 13.0. The van der Waals surface area contributed by atoms with Crippen LogP contribution in [0.1, 0.15) is 16.8 Å². The fourth-order valence-electron chi connectivity index (χ4n) is 4.75. The molecule has 0 unspecified atom stereocenters. The summed E-state index contributed by atoms with van der Waals surface area (Å²) in [5.41, 5.74) is 0.984. The number of rotatable bonds is 5. The maximum absolute atomic E-state index is 13.0. The molecular formula is C23H19NO4. The van der Waals surface area contributed by atoms with Crippen LogP contribution in [-0.4, -0.2) is 24.2 Å². The minimum Gasteiger partial charge on any atom is -0.483 e. The molecule has 5 heteroatoms. The number of imide groups is 1. The Morgan fingerprint density at radius 2 is 1.50 bits per heavy atom. The largest absolute Gasteiger partial charge is 0.483 e. The van der Waals surface area contributed by atoms with Gasteiger partial charge in [-0.15, -0.1) is 0 Å². The second kappa shape index (κ2) is 6.44. The van der Waals surface area contributed by atoms with Gasteiger partial charge in [-0.05, 0) is 30.4 Å². The van der Waals surface area contributed by atoms with E-state index in [1.807, 2.05) is 6.07 Å². The minimum atomic E-state index is -0.262. The summed E-state index contributed by atoms with van der Waals surface area (Å²) in [7, 11) is 0. The molecule has 1 heterocycles. The molecule has 2 fully saturated rings. The van der Waals surface area contributed by atoms with Crippen molar-refractivity contribution in [1.29, 1.82) is 0 Å². The zero-order chi connectivity index (χ0) is 19.3. The van der Waals surface area contributed by atoms with Crippen molar-refractivity contribution in [2.75, 3.05) is 11.5 Å². The molecule has 3 aliphatic rings. The quantitative estimate of drug-likeness (QED) is 0.458. The summed E-state index contributed by atoms with van der Waals surface area (Å²) in [6, 6.07) is 15.8. The van der Waals surface area contributed by atoms with Crippen LogP contribution in [0.2, 0.25) is 0 Å². The Labute approximate surface area is 162 Å². The Hall–Kier alpha value is -3.21. The molecule has 2 aliphatic carbocycles. The topological polar surface area (TPSA) is 63.7 Å². The van der Waals surface area contributed by atoms with Gasteiger partial charge in [0.25, 0.3) is 0 Å². The van der Waals surface area contributed by atoms with Crippen molar-refractivity contribution >= 4 is 23.3 Å². The molecule has 5 nitrogen and oxygen atoms in total. The van der Waals surface area contributed by atoms with Crippen LogP contribution >= 0.6 is 0 Å².